The summed E-state index contributed by atoms with van der Waals surface area (Å²) in [5.41, 5.74) is 2.88. The Bertz CT molecular complexity index is 352. The van der Waals surface area contributed by atoms with Crippen LogP contribution in [0, 0.1) is 5.92 Å². The summed E-state index contributed by atoms with van der Waals surface area (Å²) in [6.07, 6.45) is 8.02. The highest BCUT2D eigenvalue weighted by atomic mass is 16.2. The molecule has 1 aliphatic carbocycles. The number of carbonyl (C=O) groups excluding carboxylic acids is 1. The van der Waals surface area contributed by atoms with Crippen molar-refractivity contribution >= 4 is 5.91 Å². The van der Waals surface area contributed by atoms with Crippen molar-refractivity contribution in [3.05, 3.63) is 23.3 Å². The van der Waals surface area contributed by atoms with Gasteiger partial charge >= 0.3 is 0 Å². The number of piperidine rings is 1. The zero-order chi connectivity index (χ0) is 11.7. The van der Waals surface area contributed by atoms with Crippen LogP contribution in [0.1, 0.15) is 40.0 Å². The van der Waals surface area contributed by atoms with Crippen LogP contribution in [0.2, 0.25) is 0 Å². The number of hydrogen-bond acceptors (Lipinski definition) is 1. The molecule has 2 rings (SSSR count). The third-order valence-corrected chi connectivity index (χ3v) is 3.70. The molecule has 0 saturated carbocycles. The van der Waals surface area contributed by atoms with E-state index in [0.29, 0.717) is 12.0 Å². The van der Waals surface area contributed by atoms with E-state index in [-0.39, 0.29) is 5.91 Å². The summed E-state index contributed by atoms with van der Waals surface area (Å²) < 4.78 is 0. The summed E-state index contributed by atoms with van der Waals surface area (Å²) >= 11 is 0. The second-order valence-corrected chi connectivity index (χ2v) is 5.20. The summed E-state index contributed by atoms with van der Waals surface area (Å²) in [7, 11) is 0. The smallest absolute Gasteiger partial charge is 0.220 e. The van der Waals surface area contributed by atoms with Gasteiger partial charge in [-0.3, -0.25) is 4.79 Å². The van der Waals surface area contributed by atoms with Crippen molar-refractivity contribution < 1.29 is 4.79 Å². The zero-order valence-electron chi connectivity index (χ0n) is 10.5. The quantitative estimate of drug-likeness (QED) is 0.664. The molecule has 0 N–H and O–H groups in total. The van der Waals surface area contributed by atoms with Crippen LogP contribution in [-0.4, -0.2) is 23.4 Å². The van der Waals surface area contributed by atoms with Gasteiger partial charge in [0.2, 0.25) is 5.91 Å². The van der Waals surface area contributed by atoms with Gasteiger partial charge in [0.1, 0.15) is 0 Å². The number of carbonyl (C=O) groups is 1. The summed E-state index contributed by atoms with van der Waals surface area (Å²) in [4.78, 5) is 13.7. The van der Waals surface area contributed by atoms with Gasteiger partial charge in [0.15, 0.2) is 0 Å². The topological polar surface area (TPSA) is 20.3 Å². The molecule has 1 fully saturated rings. The van der Waals surface area contributed by atoms with Crippen LogP contribution in [0.5, 0.6) is 0 Å². The molecule has 0 aromatic carbocycles. The van der Waals surface area contributed by atoms with Crippen molar-refractivity contribution in [1.29, 1.82) is 0 Å². The fourth-order valence-electron chi connectivity index (χ4n) is 2.73. The van der Waals surface area contributed by atoms with Crippen LogP contribution in [0.3, 0.4) is 0 Å². The van der Waals surface area contributed by atoms with Gasteiger partial charge in [0.05, 0.1) is 0 Å². The van der Waals surface area contributed by atoms with Crippen molar-refractivity contribution in [3.63, 3.8) is 0 Å². The maximum atomic E-state index is 11.7. The van der Waals surface area contributed by atoms with Gasteiger partial charge in [-0.05, 0) is 36.3 Å². The predicted molar refractivity (Wildman–Crippen MR) is 66.0 cm³/mol. The van der Waals surface area contributed by atoms with Crippen molar-refractivity contribution in [2.24, 2.45) is 5.92 Å². The first-order chi connectivity index (χ1) is 7.59. The molecule has 0 spiro atoms. The second kappa shape index (κ2) is 4.44. The standard InChI is InChI=1S/C14H21NO/c1-10(2)14-8-12-6-4-5-7-13(12)9-15(14)11(3)16/h6-7,10,14H,4-5,8-9H2,1-3H3. The summed E-state index contributed by atoms with van der Waals surface area (Å²) in [5, 5.41) is 0. The molecule has 1 heterocycles. The van der Waals surface area contributed by atoms with Gasteiger partial charge in [-0.1, -0.05) is 26.0 Å². The molecule has 2 aliphatic rings. The molecule has 1 atom stereocenters. The molecule has 88 valence electrons. The molecule has 0 aromatic heterocycles. The number of rotatable bonds is 1. The molecule has 2 nitrogen and oxygen atoms in total. The zero-order valence-corrected chi connectivity index (χ0v) is 10.5. The van der Waals surface area contributed by atoms with Crippen LogP contribution in [0.15, 0.2) is 23.3 Å². The van der Waals surface area contributed by atoms with E-state index >= 15 is 0 Å². The van der Waals surface area contributed by atoms with Crippen molar-refractivity contribution in [3.8, 4) is 0 Å². The van der Waals surface area contributed by atoms with E-state index in [2.05, 4.69) is 26.0 Å². The molecule has 1 aliphatic heterocycles. The summed E-state index contributed by atoms with van der Waals surface area (Å²) in [6, 6.07) is 0.388. The third-order valence-electron chi connectivity index (χ3n) is 3.70. The van der Waals surface area contributed by atoms with Crippen LogP contribution in [0.4, 0.5) is 0 Å². The monoisotopic (exact) mass is 219 g/mol. The Labute approximate surface area is 98.0 Å². The Kier molecular flexibility index (Phi) is 3.17. The van der Waals surface area contributed by atoms with E-state index in [0.717, 1.165) is 19.4 Å². The first-order valence-corrected chi connectivity index (χ1v) is 6.25. The number of likely N-dealkylation sites (tertiary alicyclic amines) is 1. The van der Waals surface area contributed by atoms with E-state index in [9.17, 15) is 4.79 Å². The Morgan fingerprint density at radius 3 is 2.50 bits per heavy atom. The van der Waals surface area contributed by atoms with E-state index in [4.69, 9.17) is 0 Å². The molecule has 2 heteroatoms. The molecule has 1 saturated heterocycles. The Balaban J connectivity index is 2.23. The SMILES string of the molecule is CC(=O)N1CC2=CCCC=C2CC1C(C)C. The highest BCUT2D eigenvalue weighted by Gasteiger charge is 2.31. The van der Waals surface area contributed by atoms with E-state index in [1.165, 1.54) is 17.6 Å². The van der Waals surface area contributed by atoms with E-state index < -0.39 is 0 Å². The van der Waals surface area contributed by atoms with Gasteiger partial charge < -0.3 is 4.90 Å². The molecule has 0 bridgehead atoms. The minimum atomic E-state index is 0.212. The average Bonchev–Trinajstić information content (AvgIpc) is 2.27. The number of hydrogen-bond donors (Lipinski definition) is 0. The molecule has 0 radical (unpaired) electrons. The lowest BCUT2D eigenvalue weighted by Crippen LogP contribution is -2.47. The molecule has 0 aromatic rings. The lowest BCUT2D eigenvalue weighted by atomic mass is 9.83. The van der Waals surface area contributed by atoms with Crippen LogP contribution in [-0.2, 0) is 4.79 Å². The molecule has 16 heavy (non-hydrogen) atoms. The van der Waals surface area contributed by atoms with Crippen LogP contribution < -0.4 is 0 Å². The second-order valence-electron chi connectivity index (χ2n) is 5.20. The maximum absolute atomic E-state index is 11.7. The fourth-order valence-corrected chi connectivity index (χ4v) is 2.73. The Morgan fingerprint density at radius 1 is 1.31 bits per heavy atom. The van der Waals surface area contributed by atoms with Gasteiger partial charge in [-0.2, -0.15) is 0 Å². The predicted octanol–water partition coefficient (Wildman–Crippen LogP) is 2.91. The fraction of sp³-hybridized carbons (Fsp3) is 0.643. The molecule has 1 unspecified atom stereocenters. The number of nitrogens with zero attached hydrogens (tertiary/aromatic N) is 1. The van der Waals surface area contributed by atoms with Crippen molar-refractivity contribution in [2.45, 2.75) is 46.1 Å². The Hall–Kier alpha value is -1.05. The number of fused-ring (bicyclic) bond motifs is 1. The van der Waals surface area contributed by atoms with Crippen LogP contribution in [0.25, 0.3) is 0 Å². The minimum absolute atomic E-state index is 0.212. The van der Waals surface area contributed by atoms with E-state index in [1.807, 2.05) is 4.90 Å². The first-order valence-electron chi connectivity index (χ1n) is 6.25. The molecular weight excluding hydrogens is 198 g/mol. The van der Waals surface area contributed by atoms with Gasteiger partial charge in [0.25, 0.3) is 0 Å². The third kappa shape index (κ3) is 2.06. The highest BCUT2D eigenvalue weighted by Crippen LogP contribution is 2.33. The maximum Gasteiger partial charge on any atom is 0.220 e. The van der Waals surface area contributed by atoms with Crippen LogP contribution >= 0.6 is 0 Å². The Morgan fingerprint density at radius 2 is 1.94 bits per heavy atom. The minimum Gasteiger partial charge on any atom is -0.335 e. The normalized spacial score (nSPS) is 25.0. The summed E-state index contributed by atoms with van der Waals surface area (Å²) in [5.74, 6) is 0.748. The van der Waals surface area contributed by atoms with Gasteiger partial charge in [0, 0.05) is 19.5 Å². The highest BCUT2D eigenvalue weighted by molar-refractivity contribution is 5.74. The molecular formula is C14H21NO. The lowest BCUT2D eigenvalue weighted by Gasteiger charge is -2.41. The van der Waals surface area contributed by atoms with Crippen molar-refractivity contribution in [2.75, 3.05) is 6.54 Å². The first kappa shape index (κ1) is 11.4. The number of amides is 1. The van der Waals surface area contributed by atoms with Gasteiger partial charge in [-0.15, -0.1) is 0 Å². The average molecular weight is 219 g/mol. The molecule has 1 amide bonds. The van der Waals surface area contributed by atoms with Crippen molar-refractivity contribution in [1.82, 2.24) is 4.90 Å². The summed E-state index contributed by atoms with van der Waals surface area (Å²) in [6.45, 7) is 6.93. The van der Waals surface area contributed by atoms with Gasteiger partial charge in [-0.25, -0.2) is 0 Å². The largest absolute Gasteiger partial charge is 0.335 e. The number of allylic oxidation sites excluding steroid dienone is 2. The van der Waals surface area contributed by atoms with E-state index in [1.54, 1.807) is 6.92 Å². The lowest BCUT2D eigenvalue weighted by molar-refractivity contribution is -0.132.